The summed E-state index contributed by atoms with van der Waals surface area (Å²) in [6.07, 6.45) is 3.88. The van der Waals surface area contributed by atoms with Crippen LogP contribution in [0.15, 0.2) is 42.0 Å². The topological polar surface area (TPSA) is 35.8 Å². The molecule has 1 fully saturated rings. The summed E-state index contributed by atoms with van der Waals surface area (Å²) in [6.45, 7) is 8.28. The molecule has 0 spiro atoms. The molecule has 3 aromatic rings. The average molecular weight is 326 g/mol. The lowest BCUT2D eigenvalue weighted by Gasteiger charge is -2.32. The summed E-state index contributed by atoms with van der Waals surface area (Å²) in [5, 5.41) is 6.52. The van der Waals surface area contributed by atoms with Crippen molar-refractivity contribution >= 4 is 29.4 Å². The van der Waals surface area contributed by atoms with Crippen molar-refractivity contribution in [1.29, 1.82) is 0 Å². The molecule has 0 bridgehead atoms. The average Bonchev–Trinajstić information content (AvgIpc) is 3.17. The fourth-order valence-electron chi connectivity index (χ4n) is 2.74. The van der Waals surface area contributed by atoms with E-state index in [1.165, 1.54) is 4.88 Å². The van der Waals surface area contributed by atoms with Crippen LogP contribution in [0.4, 0.5) is 0 Å². The van der Waals surface area contributed by atoms with E-state index in [0.717, 1.165) is 16.5 Å². The van der Waals surface area contributed by atoms with Crippen LogP contribution in [-0.4, -0.2) is 27.9 Å². The standard InChI is InChI=1S/C17H19BN2O2S/c1-16(2)17(3,4)22-18(21-16)12-7-8-20-14(10-12)13(11-19-20)15-6-5-9-23-15/h5-11H,1-4H3. The summed E-state index contributed by atoms with van der Waals surface area (Å²) in [6, 6.07) is 8.30. The summed E-state index contributed by atoms with van der Waals surface area (Å²) >= 11 is 1.72. The van der Waals surface area contributed by atoms with Crippen LogP contribution in [0.2, 0.25) is 0 Å². The Bertz CT molecular complexity index is 839. The maximum absolute atomic E-state index is 6.16. The monoisotopic (exact) mass is 326 g/mol. The lowest BCUT2D eigenvalue weighted by molar-refractivity contribution is 0.00578. The van der Waals surface area contributed by atoms with Crippen molar-refractivity contribution in [2.24, 2.45) is 0 Å². The van der Waals surface area contributed by atoms with Crippen LogP contribution in [0, 0.1) is 0 Å². The summed E-state index contributed by atoms with van der Waals surface area (Å²) in [4.78, 5) is 1.21. The number of hydrogen-bond acceptors (Lipinski definition) is 4. The van der Waals surface area contributed by atoms with Gasteiger partial charge >= 0.3 is 7.12 Å². The highest BCUT2D eigenvalue weighted by Gasteiger charge is 2.51. The molecule has 3 aromatic heterocycles. The first-order valence-electron chi connectivity index (χ1n) is 7.74. The number of fused-ring (bicyclic) bond motifs is 1. The molecule has 0 aliphatic carbocycles. The van der Waals surface area contributed by atoms with Gasteiger partial charge in [-0.1, -0.05) is 6.07 Å². The number of rotatable bonds is 2. The zero-order valence-corrected chi connectivity index (χ0v) is 14.6. The molecule has 1 aliphatic heterocycles. The third kappa shape index (κ3) is 2.33. The van der Waals surface area contributed by atoms with E-state index in [9.17, 15) is 0 Å². The minimum atomic E-state index is -0.351. The van der Waals surface area contributed by atoms with E-state index in [-0.39, 0.29) is 18.3 Å². The first-order valence-corrected chi connectivity index (χ1v) is 8.62. The molecule has 6 heteroatoms. The van der Waals surface area contributed by atoms with Gasteiger partial charge in [0.05, 0.1) is 22.9 Å². The molecule has 0 saturated carbocycles. The summed E-state index contributed by atoms with van der Waals surface area (Å²) in [7, 11) is -0.351. The molecule has 0 aromatic carbocycles. The Morgan fingerprint density at radius 2 is 1.87 bits per heavy atom. The number of thiophene rings is 1. The molecule has 23 heavy (non-hydrogen) atoms. The lowest BCUT2D eigenvalue weighted by Crippen LogP contribution is -2.41. The number of hydrogen-bond donors (Lipinski definition) is 0. The Hall–Kier alpha value is -1.63. The highest BCUT2D eigenvalue weighted by Crippen LogP contribution is 2.36. The van der Waals surface area contributed by atoms with Crippen LogP contribution in [0.5, 0.6) is 0 Å². The maximum Gasteiger partial charge on any atom is 0.494 e. The summed E-state index contributed by atoms with van der Waals surface area (Å²) in [5.41, 5.74) is 2.56. The van der Waals surface area contributed by atoms with E-state index < -0.39 is 0 Å². The summed E-state index contributed by atoms with van der Waals surface area (Å²) < 4.78 is 14.2. The normalized spacial score (nSPS) is 19.6. The second-order valence-electron chi connectivity index (χ2n) is 6.91. The van der Waals surface area contributed by atoms with Crippen LogP contribution in [-0.2, 0) is 9.31 Å². The molecule has 0 N–H and O–H groups in total. The number of nitrogens with zero attached hydrogens (tertiary/aromatic N) is 2. The molecule has 4 rings (SSSR count). The van der Waals surface area contributed by atoms with E-state index in [1.54, 1.807) is 11.3 Å². The third-order valence-electron chi connectivity index (χ3n) is 4.86. The second-order valence-corrected chi connectivity index (χ2v) is 7.86. The summed E-state index contributed by atoms with van der Waals surface area (Å²) in [5.74, 6) is 0. The smallest absolute Gasteiger partial charge is 0.399 e. The van der Waals surface area contributed by atoms with Gasteiger partial charge in [-0.2, -0.15) is 5.10 Å². The minimum Gasteiger partial charge on any atom is -0.399 e. The van der Waals surface area contributed by atoms with E-state index in [2.05, 4.69) is 56.4 Å². The van der Waals surface area contributed by atoms with Crippen molar-refractivity contribution in [1.82, 2.24) is 9.61 Å². The van der Waals surface area contributed by atoms with E-state index >= 15 is 0 Å². The van der Waals surface area contributed by atoms with Crippen molar-refractivity contribution in [3.63, 3.8) is 0 Å². The van der Waals surface area contributed by atoms with Crippen LogP contribution in [0.1, 0.15) is 27.7 Å². The number of aromatic nitrogens is 2. The van der Waals surface area contributed by atoms with Gasteiger partial charge in [0.25, 0.3) is 0 Å². The Labute approximate surface area is 140 Å². The molecule has 118 valence electrons. The third-order valence-corrected chi connectivity index (χ3v) is 5.76. The van der Waals surface area contributed by atoms with Crippen molar-refractivity contribution in [3.8, 4) is 10.4 Å². The molecule has 0 atom stereocenters. The van der Waals surface area contributed by atoms with Gasteiger partial charge < -0.3 is 9.31 Å². The zero-order valence-electron chi connectivity index (χ0n) is 13.7. The Balaban J connectivity index is 1.77. The van der Waals surface area contributed by atoms with Crippen LogP contribution in [0.3, 0.4) is 0 Å². The SMILES string of the molecule is CC1(C)OB(c2ccn3ncc(-c4cccs4)c3c2)OC1(C)C. The van der Waals surface area contributed by atoms with Crippen molar-refractivity contribution in [2.75, 3.05) is 0 Å². The van der Waals surface area contributed by atoms with Gasteiger partial charge in [0.1, 0.15) is 0 Å². The van der Waals surface area contributed by atoms with Gasteiger partial charge in [-0.3, -0.25) is 0 Å². The Kier molecular flexibility index (Phi) is 3.20. The molecular weight excluding hydrogens is 307 g/mol. The van der Waals surface area contributed by atoms with Crippen LogP contribution < -0.4 is 5.46 Å². The first kappa shape index (κ1) is 14.9. The second kappa shape index (κ2) is 4.93. The fourth-order valence-corrected chi connectivity index (χ4v) is 3.49. The molecule has 1 saturated heterocycles. The molecule has 0 amide bonds. The van der Waals surface area contributed by atoms with E-state index in [1.807, 2.05) is 23.0 Å². The van der Waals surface area contributed by atoms with E-state index in [4.69, 9.17) is 9.31 Å². The number of pyridine rings is 1. The molecular formula is C17H19BN2O2S. The molecule has 0 radical (unpaired) electrons. The van der Waals surface area contributed by atoms with Gasteiger partial charge in [-0.25, -0.2) is 4.52 Å². The van der Waals surface area contributed by atoms with Gasteiger partial charge in [0, 0.05) is 16.6 Å². The fraction of sp³-hybridized carbons (Fsp3) is 0.353. The maximum atomic E-state index is 6.16. The minimum absolute atomic E-state index is 0.333. The van der Waals surface area contributed by atoms with E-state index in [0.29, 0.717) is 0 Å². The Morgan fingerprint density at radius 1 is 1.13 bits per heavy atom. The zero-order chi connectivity index (χ0) is 16.2. The quantitative estimate of drug-likeness (QED) is 0.678. The van der Waals surface area contributed by atoms with Crippen molar-refractivity contribution in [2.45, 2.75) is 38.9 Å². The largest absolute Gasteiger partial charge is 0.494 e. The van der Waals surface area contributed by atoms with Gasteiger partial charge in [0.15, 0.2) is 0 Å². The highest BCUT2D eigenvalue weighted by atomic mass is 32.1. The van der Waals surface area contributed by atoms with Crippen molar-refractivity contribution < 1.29 is 9.31 Å². The van der Waals surface area contributed by atoms with Gasteiger partial charge in [-0.05, 0) is 56.7 Å². The van der Waals surface area contributed by atoms with Crippen LogP contribution >= 0.6 is 11.3 Å². The molecule has 4 nitrogen and oxygen atoms in total. The highest BCUT2D eigenvalue weighted by molar-refractivity contribution is 7.13. The molecule has 1 aliphatic rings. The van der Waals surface area contributed by atoms with Crippen LogP contribution in [0.25, 0.3) is 16.0 Å². The lowest BCUT2D eigenvalue weighted by atomic mass is 9.79. The predicted octanol–water partition coefficient (Wildman–Crippen LogP) is 3.36. The van der Waals surface area contributed by atoms with Gasteiger partial charge in [0.2, 0.25) is 0 Å². The van der Waals surface area contributed by atoms with Gasteiger partial charge in [-0.15, -0.1) is 11.3 Å². The van der Waals surface area contributed by atoms with Crippen molar-refractivity contribution in [3.05, 3.63) is 42.0 Å². The first-order chi connectivity index (χ1) is 10.9. The predicted molar refractivity (Wildman–Crippen MR) is 94.2 cm³/mol. The molecule has 0 unspecified atom stereocenters. The Morgan fingerprint density at radius 3 is 2.52 bits per heavy atom. The molecule has 4 heterocycles.